The third kappa shape index (κ3) is 5.31. The first kappa shape index (κ1) is 20.4. The minimum Gasteiger partial charge on any atom is -0.478 e. The van der Waals surface area contributed by atoms with E-state index in [0.29, 0.717) is 13.2 Å². The van der Waals surface area contributed by atoms with Gasteiger partial charge in [-0.15, -0.1) is 0 Å². The molecule has 1 aliphatic rings. The van der Waals surface area contributed by atoms with Crippen molar-refractivity contribution in [3.05, 3.63) is 34.4 Å². The number of esters is 1. The zero-order chi connectivity index (χ0) is 19.1. The predicted octanol–water partition coefficient (Wildman–Crippen LogP) is 3.48. The monoisotopic (exact) mass is 360 g/mol. The molecule has 0 atom stereocenters. The molecule has 0 aromatic heterocycles. The van der Waals surface area contributed by atoms with E-state index in [1.807, 2.05) is 26.0 Å². The second kappa shape index (κ2) is 9.72. The highest BCUT2D eigenvalue weighted by atomic mass is 16.5. The van der Waals surface area contributed by atoms with Crippen LogP contribution in [0.25, 0.3) is 0 Å². The molecule has 1 N–H and O–H groups in total. The summed E-state index contributed by atoms with van der Waals surface area (Å²) in [6.07, 6.45) is 2.77. The van der Waals surface area contributed by atoms with Crippen LogP contribution in [0.2, 0.25) is 0 Å². The Morgan fingerprint density at radius 3 is 2.23 bits per heavy atom. The molecule has 1 fully saturated rings. The van der Waals surface area contributed by atoms with Gasteiger partial charge in [0.2, 0.25) is 5.90 Å². The molecule has 1 heterocycles. The van der Waals surface area contributed by atoms with Crippen molar-refractivity contribution >= 4 is 11.9 Å². The molecule has 1 aliphatic heterocycles. The fourth-order valence-corrected chi connectivity index (χ4v) is 3.67. The lowest BCUT2D eigenvalue weighted by atomic mass is 9.94. The van der Waals surface area contributed by atoms with E-state index in [9.17, 15) is 4.79 Å². The number of piperidine rings is 1. The number of hydrogen-bond acceptors (Lipinski definition) is 5. The average Bonchev–Trinajstić information content (AvgIpc) is 2.61. The van der Waals surface area contributed by atoms with Crippen molar-refractivity contribution in [3.8, 4) is 0 Å². The quantitative estimate of drug-likeness (QED) is 0.459. The van der Waals surface area contributed by atoms with Gasteiger partial charge in [-0.3, -0.25) is 10.2 Å². The van der Waals surface area contributed by atoms with Gasteiger partial charge in [-0.1, -0.05) is 0 Å². The number of rotatable bonds is 7. The van der Waals surface area contributed by atoms with Crippen LogP contribution in [-0.2, 0) is 20.7 Å². The topological polar surface area (TPSA) is 62.6 Å². The third-order valence-corrected chi connectivity index (χ3v) is 5.13. The number of carbonyl (C=O) groups excluding carboxylic acids is 1. The Kier molecular flexibility index (Phi) is 7.64. The van der Waals surface area contributed by atoms with Crippen LogP contribution in [0.1, 0.15) is 48.9 Å². The van der Waals surface area contributed by atoms with Crippen molar-refractivity contribution in [2.75, 3.05) is 32.8 Å². The lowest BCUT2D eigenvalue weighted by Gasteiger charge is -2.31. The first-order chi connectivity index (χ1) is 12.5. The second-order valence-corrected chi connectivity index (χ2v) is 6.97. The number of carbonyl (C=O) groups is 1. The average molecular weight is 360 g/mol. The maximum atomic E-state index is 11.8. The summed E-state index contributed by atoms with van der Waals surface area (Å²) in [5.41, 5.74) is 4.63. The summed E-state index contributed by atoms with van der Waals surface area (Å²) in [6.45, 7) is 11.9. The molecule has 5 heteroatoms. The van der Waals surface area contributed by atoms with Crippen LogP contribution in [0.3, 0.4) is 0 Å². The van der Waals surface area contributed by atoms with Gasteiger partial charge in [-0.2, -0.15) is 0 Å². The maximum Gasteiger partial charge on any atom is 0.309 e. The predicted molar refractivity (Wildman–Crippen MR) is 104 cm³/mol. The van der Waals surface area contributed by atoms with Gasteiger partial charge in [-0.05, 0) is 88.9 Å². The molecule has 5 nitrogen and oxygen atoms in total. The summed E-state index contributed by atoms with van der Waals surface area (Å²) in [7, 11) is 0. The fourth-order valence-electron chi connectivity index (χ4n) is 3.67. The van der Waals surface area contributed by atoms with Crippen LogP contribution in [0.5, 0.6) is 0 Å². The van der Waals surface area contributed by atoms with E-state index in [4.69, 9.17) is 14.9 Å². The van der Waals surface area contributed by atoms with Gasteiger partial charge >= 0.3 is 5.97 Å². The van der Waals surface area contributed by atoms with Gasteiger partial charge in [-0.25, -0.2) is 0 Å². The van der Waals surface area contributed by atoms with E-state index in [-0.39, 0.29) is 17.8 Å². The zero-order valence-corrected chi connectivity index (χ0v) is 16.6. The molecule has 0 saturated carbocycles. The molecule has 0 bridgehead atoms. The van der Waals surface area contributed by atoms with Crippen molar-refractivity contribution < 1.29 is 14.3 Å². The number of hydrogen-bond donors (Lipinski definition) is 1. The zero-order valence-electron chi connectivity index (χ0n) is 16.6. The van der Waals surface area contributed by atoms with Crippen molar-refractivity contribution in [1.29, 1.82) is 5.41 Å². The Morgan fingerprint density at radius 1 is 1.12 bits per heavy atom. The molecule has 26 heavy (non-hydrogen) atoms. The lowest BCUT2D eigenvalue weighted by molar-refractivity contribution is -0.149. The van der Waals surface area contributed by atoms with Gasteiger partial charge in [0.25, 0.3) is 0 Å². The summed E-state index contributed by atoms with van der Waals surface area (Å²) < 4.78 is 10.5. The van der Waals surface area contributed by atoms with E-state index in [1.165, 1.54) is 16.7 Å². The maximum absolute atomic E-state index is 11.8. The Morgan fingerprint density at radius 2 is 1.69 bits per heavy atom. The summed E-state index contributed by atoms with van der Waals surface area (Å²) in [5.74, 6) is 0.274. The van der Waals surface area contributed by atoms with Crippen molar-refractivity contribution in [2.24, 2.45) is 5.92 Å². The molecule has 1 saturated heterocycles. The molecule has 1 aromatic rings. The molecular weight excluding hydrogens is 328 g/mol. The van der Waals surface area contributed by atoms with Crippen LogP contribution in [0.4, 0.5) is 0 Å². The van der Waals surface area contributed by atoms with Gasteiger partial charge in [0.05, 0.1) is 19.1 Å². The highest BCUT2D eigenvalue weighted by Crippen LogP contribution is 2.21. The largest absolute Gasteiger partial charge is 0.478 e. The van der Waals surface area contributed by atoms with E-state index >= 15 is 0 Å². The molecule has 0 unspecified atom stereocenters. The van der Waals surface area contributed by atoms with E-state index < -0.39 is 0 Å². The van der Waals surface area contributed by atoms with Crippen LogP contribution in [0, 0.1) is 25.2 Å². The normalized spacial score (nSPS) is 15.7. The molecule has 0 aliphatic carbocycles. The SMILES string of the molecule is CCOC(=N)c1cc(C)c(CCN2CCC(C(=O)OCC)CC2)c(C)c1. The molecule has 0 spiro atoms. The Labute approximate surface area is 157 Å². The van der Waals surface area contributed by atoms with E-state index in [0.717, 1.165) is 44.5 Å². The Balaban J connectivity index is 1.90. The smallest absolute Gasteiger partial charge is 0.309 e. The van der Waals surface area contributed by atoms with Crippen molar-refractivity contribution in [3.63, 3.8) is 0 Å². The molecule has 1 aromatic carbocycles. The van der Waals surface area contributed by atoms with E-state index in [2.05, 4.69) is 18.7 Å². The number of benzene rings is 1. The minimum absolute atomic E-state index is 0.0359. The van der Waals surface area contributed by atoms with Gasteiger partial charge in [0, 0.05) is 12.1 Å². The van der Waals surface area contributed by atoms with Crippen LogP contribution < -0.4 is 0 Å². The first-order valence-corrected chi connectivity index (χ1v) is 9.67. The minimum atomic E-state index is -0.0359. The summed E-state index contributed by atoms with van der Waals surface area (Å²) in [4.78, 5) is 14.3. The van der Waals surface area contributed by atoms with Crippen LogP contribution in [0.15, 0.2) is 12.1 Å². The summed E-state index contributed by atoms with van der Waals surface area (Å²) in [6, 6.07) is 4.10. The number of nitrogens with zero attached hydrogens (tertiary/aromatic N) is 1. The van der Waals surface area contributed by atoms with Crippen molar-refractivity contribution in [1.82, 2.24) is 4.90 Å². The van der Waals surface area contributed by atoms with Crippen molar-refractivity contribution in [2.45, 2.75) is 47.0 Å². The number of aryl methyl sites for hydroxylation is 2. The van der Waals surface area contributed by atoms with Gasteiger partial charge in [0.1, 0.15) is 0 Å². The summed E-state index contributed by atoms with van der Waals surface area (Å²) in [5, 5.41) is 7.97. The molecular formula is C21H32N2O3. The standard InChI is InChI=1S/C21H32N2O3/c1-5-25-20(22)18-13-15(3)19(16(4)14-18)9-12-23-10-7-17(8-11-23)21(24)26-6-2/h13-14,17,22H,5-12H2,1-4H3. The van der Waals surface area contributed by atoms with Gasteiger partial charge < -0.3 is 14.4 Å². The third-order valence-electron chi connectivity index (χ3n) is 5.13. The molecule has 2 rings (SSSR count). The Hall–Kier alpha value is -1.88. The number of nitrogens with one attached hydrogen (secondary N) is 1. The highest BCUT2D eigenvalue weighted by molar-refractivity contribution is 5.92. The molecule has 144 valence electrons. The number of likely N-dealkylation sites (tertiary alicyclic amines) is 1. The second-order valence-electron chi connectivity index (χ2n) is 6.97. The molecule has 0 radical (unpaired) electrons. The Bertz CT molecular complexity index is 611. The van der Waals surface area contributed by atoms with E-state index in [1.54, 1.807) is 0 Å². The van der Waals surface area contributed by atoms with Crippen LogP contribution in [-0.4, -0.2) is 49.6 Å². The summed E-state index contributed by atoms with van der Waals surface area (Å²) >= 11 is 0. The first-order valence-electron chi connectivity index (χ1n) is 9.67. The molecule has 0 amide bonds. The fraction of sp³-hybridized carbons (Fsp3) is 0.619. The van der Waals surface area contributed by atoms with Gasteiger partial charge in [0.15, 0.2) is 0 Å². The number of ether oxygens (including phenoxy) is 2. The van der Waals surface area contributed by atoms with Crippen LogP contribution >= 0.6 is 0 Å². The lowest BCUT2D eigenvalue weighted by Crippen LogP contribution is -2.38. The highest BCUT2D eigenvalue weighted by Gasteiger charge is 2.25.